The molecule has 1 N–H and O–H groups in total. The van der Waals surface area contributed by atoms with Gasteiger partial charge < -0.3 is 10.1 Å². The lowest BCUT2D eigenvalue weighted by Crippen LogP contribution is -2.40. The van der Waals surface area contributed by atoms with Crippen molar-refractivity contribution in [3.05, 3.63) is 40.1 Å². The van der Waals surface area contributed by atoms with Crippen molar-refractivity contribution < 1.29 is 17.9 Å². The van der Waals surface area contributed by atoms with Crippen molar-refractivity contribution in [1.82, 2.24) is 14.1 Å². The molecule has 10 heteroatoms. The summed E-state index contributed by atoms with van der Waals surface area (Å²) < 4.78 is 34.0. The van der Waals surface area contributed by atoms with Crippen LogP contribution in [0.1, 0.15) is 16.2 Å². The number of aryl methyl sites for hydroxylation is 1. The van der Waals surface area contributed by atoms with Crippen LogP contribution in [0.5, 0.6) is 0 Å². The molecule has 0 unspecified atom stereocenters. The summed E-state index contributed by atoms with van der Waals surface area (Å²) in [5.41, 5.74) is 1.60. The summed E-state index contributed by atoms with van der Waals surface area (Å²) >= 11 is 3.36. The Morgan fingerprint density at radius 1 is 1.23 bits per heavy atom. The number of anilines is 1. The fourth-order valence-corrected chi connectivity index (χ4v) is 4.49. The van der Waals surface area contributed by atoms with Gasteiger partial charge in [0.2, 0.25) is 10.0 Å². The Labute approximate surface area is 160 Å². The molecular weight excluding hydrogens is 424 g/mol. The number of halogens is 1. The molecule has 1 aliphatic heterocycles. The standard InChI is InChI=1S/C16H19BrN4O4S/c1-11-14(17)15(19-20(11)2)16(22)18-12-3-5-13(6-4-12)26(23,24)21-7-9-25-10-8-21/h3-6H,7-10H2,1-2H3,(H,18,22). The van der Waals surface area contributed by atoms with Gasteiger partial charge in [-0.05, 0) is 47.1 Å². The number of hydrogen-bond donors (Lipinski definition) is 1. The molecule has 0 bridgehead atoms. The second-order valence-corrected chi connectivity index (χ2v) is 8.60. The van der Waals surface area contributed by atoms with Gasteiger partial charge in [0.15, 0.2) is 5.69 Å². The Hall–Kier alpha value is -1.75. The number of ether oxygens (including phenoxy) is 1. The van der Waals surface area contributed by atoms with Crippen LogP contribution >= 0.6 is 15.9 Å². The maximum atomic E-state index is 12.6. The predicted octanol–water partition coefficient (Wildman–Crippen LogP) is 1.76. The minimum absolute atomic E-state index is 0.187. The van der Waals surface area contributed by atoms with Crippen molar-refractivity contribution in [1.29, 1.82) is 0 Å². The fourth-order valence-electron chi connectivity index (χ4n) is 2.56. The summed E-state index contributed by atoms with van der Waals surface area (Å²) in [6, 6.07) is 6.10. The molecule has 2 heterocycles. The van der Waals surface area contributed by atoms with Crippen LogP contribution in [0, 0.1) is 6.92 Å². The molecule has 0 atom stereocenters. The Morgan fingerprint density at radius 2 is 1.85 bits per heavy atom. The highest BCUT2D eigenvalue weighted by Crippen LogP contribution is 2.23. The molecular formula is C16H19BrN4O4S. The van der Waals surface area contributed by atoms with Gasteiger partial charge in [0, 0.05) is 25.8 Å². The van der Waals surface area contributed by atoms with Crippen molar-refractivity contribution in [2.24, 2.45) is 7.05 Å². The van der Waals surface area contributed by atoms with Crippen molar-refractivity contribution in [2.75, 3.05) is 31.6 Å². The number of nitrogens with one attached hydrogen (secondary N) is 1. The topological polar surface area (TPSA) is 93.5 Å². The van der Waals surface area contributed by atoms with Gasteiger partial charge in [-0.2, -0.15) is 9.40 Å². The van der Waals surface area contributed by atoms with Crippen LogP contribution in [0.15, 0.2) is 33.6 Å². The quantitative estimate of drug-likeness (QED) is 0.778. The van der Waals surface area contributed by atoms with Gasteiger partial charge in [-0.1, -0.05) is 0 Å². The molecule has 0 radical (unpaired) electrons. The summed E-state index contributed by atoms with van der Waals surface area (Å²) in [7, 11) is -1.80. The van der Waals surface area contributed by atoms with Gasteiger partial charge in [0.25, 0.3) is 5.91 Å². The molecule has 1 fully saturated rings. The number of carbonyl (C=O) groups excluding carboxylic acids is 1. The lowest BCUT2D eigenvalue weighted by molar-refractivity contribution is 0.0730. The summed E-state index contributed by atoms with van der Waals surface area (Å²) in [5.74, 6) is -0.371. The van der Waals surface area contributed by atoms with Gasteiger partial charge in [-0.25, -0.2) is 8.42 Å². The van der Waals surface area contributed by atoms with E-state index < -0.39 is 10.0 Å². The predicted molar refractivity (Wildman–Crippen MR) is 99.6 cm³/mol. The largest absolute Gasteiger partial charge is 0.379 e. The normalized spacial score (nSPS) is 15.8. The van der Waals surface area contributed by atoms with E-state index in [1.54, 1.807) is 23.9 Å². The third kappa shape index (κ3) is 3.68. The van der Waals surface area contributed by atoms with Gasteiger partial charge in [0.05, 0.1) is 28.3 Å². The highest BCUT2D eigenvalue weighted by Gasteiger charge is 2.26. The van der Waals surface area contributed by atoms with Gasteiger partial charge in [-0.15, -0.1) is 0 Å². The van der Waals surface area contributed by atoms with Crippen molar-refractivity contribution in [3.63, 3.8) is 0 Å². The molecule has 8 nitrogen and oxygen atoms in total. The third-order valence-electron chi connectivity index (χ3n) is 4.20. The van der Waals surface area contributed by atoms with E-state index in [1.165, 1.54) is 16.4 Å². The zero-order valence-corrected chi connectivity index (χ0v) is 16.8. The monoisotopic (exact) mass is 442 g/mol. The number of sulfonamides is 1. The first-order valence-corrected chi connectivity index (χ1v) is 10.2. The Kier molecular flexibility index (Phi) is 5.47. The van der Waals surface area contributed by atoms with Crippen molar-refractivity contribution >= 4 is 37.5 Å². The van der Waals surface area contributed by atoms with E-state index >= 15 is 0 Å². The van der Waals surface area contributed by atoms with E-state index in [-0.39, 0.29) is 16.5 Å². The minimum Gasteiger partial charge on any atom is -0.379 e. The highest BCUT2D eigenvalue weighted by atomic mass is 79.9. The molecule has 0 saturated carbocycles. The second kappa shape index (κ2) is 7.47. The SMILES string of the molecule is Cc1c(Br)c(C(=O)Nc2ccc(S(=O)(=O)N3CCOCC3)cc2)nn1C. The summed E-state index contributed by atoms with van der Waals surface area (Å²) in [4.78, 5) is 12.6. The van der Waals surface area contributed by atoms with Crippen LogP contribution in [-0.2, 0) is 21.8 Å². The minimum atomic E-state index is -3.55. The maximum absolute atomic E-state index is 12.6. The van der Waals surface area contributed by atoms with Crippen LogP contribution in [-0.4, -0.2) is 54.7 Å². The number of carbonyl (C=O) groups is 1. The number of rotatable bonds is 4. The molecule has 1 amide bonds. The lowest BCUT2D eigenvalue weighted by atomic mass is 10.3. The molecule has 0 spiro atoms. The third-order valence-corrected chi connectivity index (χ3v) is 7.06. The van der Waals surface area contributed by atoms with E-state index in [2.05, 4.69) is 26.3 Å². The van der Waals surface area contributed by atoms with E-state index in [0.717, 1.165) is 5.69 Å². The molecule has 1 aromatic carbocycles. The smallest absolute Gasteiger partial charge is 0.277 e. The van der Waals surface area contributed by atoms with Gasteiger partial charge in [-0.3, -0.25) is 9.48 Å². The average Bonchev–Trinajstić information content (AvgIpc) is 2.90. The van der Waals surface area contributed by atoms with Crippen LogP contribution in [0.3, 0.4) is 0 Å². The van der Waals surface area contributed by atoms with Crippen LogP contribution in [0.25, 0.3) is 0 Å². The zero-order chi connectivity index (χ0) is 18.9. The van der Waals surface area contributed by atoms with E-state index in [1.807, 2.05) is 6.92 Å². The zero-order valence-electron chi connectivity index (χ0n) is 14.4. The van der Waals surface area contributed by atoms with Gasteiger partial charge in [0.1, 0.15) is 0 Å². The average molecular weight is 443 g/mol. The van der Waals surface area contributed by atoms with Crippen LogP contribution < -0.4 is 5.32 Å². The molecule has 1 saturated heterocycles. The summed E-state index contributed by atoms with van der Waals surface area (Å²) in [6.45, 7) is 3.32. The highest BCUT2D eigenvalue weighted by molar-refractivity contribution is 9.10. The van der Waals surface area contributed by atoms with E-state index in [0.29, 0.717) is 36.5 Å². The fraction of sp³-hybridized carbons (Fsp3) is 0.375. The second-order valence-electron chi connectivity index (χ2n) is 5.87. The van der Waals surface area contributed by atoms with Gasteiger partial charge >= 0.3 is 0 Å². The van der Waals surface area contributed by atoms with Crippen molar-refractivity contribution in [2.45, 2.75) is 11.8 Å². The summed E-state index contributed by atoms with van der Waals surface area (Å²) in [5, 5.41) is 6.89. The molecule has 1 aliphatic rings. The maximum Gasteiger partial charge on any atom is 0.277 e. The van der Waals surface area contributed by atoms with E-state index in [4.69, 9.17) is 4.74 Å². The Balaban J connectivity index is 1.75. The molecule has 1 aromatic heterocycles. The number of aromatic nitrogens is 2. The molecule has 0 aliphatic carbocycles. The first-order valence-electron chi connectivity index (χ1n) is 7.99. The first-order chi connectivity index (χ1) is 12.3. The van der Waals surface area contributed by atoms with Crippen molar-refractivity contribution in [3.8, 4) is 0 Å². The van der Waals surface area contributed by atoms with E-state index in [9.17, 15) is 13.2 Å². The molecule has 140 valence electrons. The molecule has 3 rings (SSSR count). The first kappa shape index (κ1) is 19.0. The van der Waals surface area contributed by atoms with Crippen LogP contribution in [0.4, 0.5) is 5.69 Å². The summed E-state index contributed by atoms with van der Waals surface area (Å²) in [6.07, 6.45) is 0. The number of amides is 1. The Morgan fingerprint density at radius 3 is 2.38 bits per heavy atom. The number of hydrogen-bond acceptors (Lipinski definition) is 5. The molecule has 26 heavy (non-hydrogen) atoms. The molecule has 2 aromatic rings. The number of morpholine rings is 1. The van der Waals surface area contributed by atoms with Crippen LogP contribution in [0.2, 0.25) is 0 Å². The Bertz CT molecular complexity index is 918. The number of nitrogens with zero attached hydrogens (tertiary/aromatic N) is 3. The number of benzene rings is 1. The lowest BCUT2D eigenvalue weighted by Gasteiger charge is -2.26.